The molecule has 0 radical (unpaired) electrons. The van der Waals surface area contributed by atoms with Gasteiger partial charge in [0.05, 0.1) is 17.2 Å². The number of nitrogens with two attached hydrogens (primary N) is 1. The second-order valence-electron chi connectivity index (χ2n) is 2.13. The lowest BCUT2D eigenvalue weighted by molar-refractivity contribution is 1.11. The van der Waals surface area contributed by atoms with Crippen LogP contribution in [0.2, 0.25) is 0 Å². The molecule has 0 heterocycles. The summed E-state index contributed by atoms with van der Waals surface area (Å²) in [5.74, 6) is 0.785. The van der Waals surface area contributed by atoms with Crippen molar-refractivity contribution in [2.24, 2.45) is 10.7 Å². The van der Waals surface area contributed by atoms with Crippen molar-refractivity contribution in [3.8, 4) is 0 Å². The van der Waals surface area contributed by atoms with Crippen LogP contribution in [0.5, 0.6) is 0 Å². The topological polar surface area (TPSA) is 74.3 Å². The number of rotatable bonds is 2. The Bertz CT molecular complexity index is 202. The van der Waals surface area contributed by atoms with Crippen LogP contribution in [0.4, 0.5) is 0 Å². The van der Waals surface area contributed by atoms with E-state index in [9.17, 15) is 0 Å². The summed E-state index contributed by atoms with van der Waals surface area (Å²) in [5, 5.41) is 9.70. The maximum Gasteiger partial charge on any atom is 0.0985 e. The smallest absolute Gasteiger partial charge is 0.0985 e. The van der Waals surface area contributed by atoms with Crippen molar-refractivity contribution < 1.29 is 0 Å². The van der Waals surface area contributed by atoms with E-state index in [1.807, 2.05) is 6.92 Å². The Kier molecular flexibility index (Phi) is 3.95. The van der Waals surface area contributed by atoms with Crippen LogP contribution in [0.1, 0.15) is 13.8 Å². The average Bonchev–Trinajstić information content (AvgIpc) is 2.02. The predicted octanol–water partition coefficient (Wildman–Crippen LogP) is 0.464. The Labute approximate surface area is 66.7 Å². The number of hydrogen-bond donors (Lipinski definition) is 3. The third-order valence-corrected chi connectivity index (χ3v) is 1.27. The quantitative estimate of drug-likeness (QED) is 0.399. The second-order valence-corrected chi connectivity index (χ2v) is 2.13. The van der Waals surface area contributed by atoms with Crippen molar-refractivity contribution in [3.05, 3.63) is 11.4 Å². The fourth-order valence-corrected chi connectivity index (χ4v) is 0.476. The van der Waals surface area contributed by atoms with E-state index < -0.39 is 0 Å². The van der Waals surface area contributed by atoms with Gasteiger partial charge in [-0.05, 0) is 13.8 Å². The third kappa shape index (κ3) is 3.40. The molecule has 0 atom stereocenters. The lowest BCUT2D eigenvalue weighted by Crippen LogP contribution is -2.14. The zero-order valence-electron chi connectivity index (χ0n) is 7.10. The predicted molar refractivity (Wildman–Crippen MR) is 47.8 cm³/mol. The standard InChI is InChI=1S/C7H14N4/c1-5(7(9)4-8)11-6(2)10-3/h4,8H,9H2,1-3H3,(H,10,11)/b7-5+,8-4?. The van der Waals surface area contributed by atoms with Crippen molar-refractivity contribution in [2.75, 3.05) is 7.05 Å². The van der Waals surface area contributed by atoms with Crippen molar-refractivity contribution in [2.45, 2.75) is 13.8 Å². The molecule has 0 aromatic heterocycles. The van der Waals surface area contributed by atoms with Gasteiger partial charge in [-0.2, -0.15) is 0 Å². The maximum absolute atomic E-state index is 6.84. The highest BCUT2D eigenvalue weighted by atomic mass is 15.0. The fourth-order valence-electron chi connectivity index (χ4n) is 0.476. The fraction of sp³-hybridized carbons (Fsp3) is 0.429. The lowest BCUT2D eigenvalue weighted by atomic mass is 10.4. The largest absolute Gasteiger partial charge is 0.396 e. The van der Waals surface area contributed by atoms with Crippen molar-refractivity contribution in [1.82, 2.24) is 5.32 Å². The van der Waals surface area contributed by atoms with E-state index in [2.05, 4.69) is 10.3 Å². The zero-order chi connectivity index (χ0) is 8.85. The molecule has 4 N–H and O–H groups in total. The molecule has 0 aromatic carbocycles. The van der Waals surface area contributed by atoms with Crippen LogP contribution in [0.25, 0.3) is 0 Å². The molecule has 0 aliphatic rings. The molecule has 0 saturated heterocycles. The molecule has 0 rings (SSSR count). The number of allylic oxidation sites excluding steroid dienone is 2. The number of aliphatic imine (C=N–C) groups is 1. The van der Waals surface area contributed by atoms with E-state index in [1.54, 1.807) is 14.0 Å². The van der Waals surface area contributed by atoms with Gasteiger partial charge in [0.1, 0.15) is 0 Å². The molecule has 0 fully saturated rings. The van der Waals surface area contributed by atoms with Gasteiger partial charge in [-0.25, -0.2) is 4.99 Å². The molecular formula is C7H14N4. The van der Waals surface area contributed by atoms with Gasteiger partial charge in [0.15, 0.2) is 0 Å². The van der Waals surface area contributed by atoms with Gasteiger partial charge in [-0.1, -0.05) is 0 Å². The van der Waals surface area contributed by atoms with Crippen molar-refractivity contribution >= 4 is 12.1 Å². The molecule has 0 spiro atoms. The first-order valence-corrected chi connectivity index (χ1v) is 3.31. The molecule has 0 aliphatic heterocycles. The van der Waals surface area contributed by atoms with Crippen LogP contribution >= 0.6 is 0 Å². The Morgan fingerprint density at radius 2 is 2.09 bits per heavy atom. The van der Waals surface area contributed by atoms with Crippen LogP contribution in [-0.2, 0) is 0 Å². The van der Waals surface area contributed by atoms with Crippen LogP contribution in [0.3, 0.4) is 0 Å². The number of amidine groups is 1. The summed E-state index contributed by atoms with van der Waals surface area (Å²) in [4.78, 5) is 4.08. The third-order valence-electron chi connectivity index (χ3n) is 1.27. The van der Waals surface area contributed by atoms with Crippen LogP contribution in [0.15, 0.2) is 16.4 Å². The normalized spacial score (nSPS) is 13.9. The van der Waals surface area contributed by atoms with E-state index in [-0.39, 0.29) is 0 Å². The summed E-state index contributed by atoms with van der Waals surface area (Å²) in [6.45, 7) is 3.60. The van der Waals surface area contributed by atoms with Crippen molar-refractivity contribution in [1.29, 1.82) is 5.41 Å². The van der Waals surface area contributed by atoms with E-state index >= 15 is 0 Å². The molecule has 0 amide bonds. The highest BCUT2D eigenvalue weighted by molar-refractivity contribution is 5.82. The Morgan fingerprint density at radius 3 is 2.45 bits per heavy atom. The highest BCUT2D eigenvalue weighted by Gasteiger charge is 1.91. The molecule has 62 valence electrons. The van der Waals surface area contributed by atoms with E-state index in [0.717, 1.165) is 12.1 Å². The first kappa shape index (κ1) is 9.68. The first-order chi connectivity index (χ1) is 5.11. The summed E-state index contributed by atoms with van der Waals surface area (Å²) < 4.78 is 0. The van der Waals surface area contributed by atoms with Crippen molar-refractivity contribution in [3.63, 3.8) is 0 Å². The second kappa shape index (κ2) is 4.49. The van der Waals surface area contributed by atoms with Crippen LogP contribution < -0.4 is 11.1 Å². The van der Waals surface area contributed by atoms with E-state index in [1.165, 1.54) is 0 Å². The SMILES string of the molecule is CN/C(C)=N/C(C)=C(/N)C=N. The minimum absolute atomic E-state index is 0.389. The summed E-state index contributed by atoms with van der Waals surface area (Å²) in [6.07, 6.45) is 1.09. The monoisotopic (exact) mass is 154 g/mol. The Hall–Kier alpha value is -1.32. The average molecular weight is 154 g/mol. The Morgan fingerprint density at radius 1 is 1.55 bits per heavy atom. The molecular weight excluding hydrogens is 140 g/mol. The summed E-state index contributed by atoms with van der Waals surface area (Å²) in [7, 11) is 1.78. The van der Waals surface area contributed by atoms with Crippen LogP contribution in [-0.4, -0.2) is 19.1 Å². The number of hydrogen-bond acceptors (Lipinski definition) is 3. The van der Waals surface area contributed by atoms with Gasteiger partial charge in [-0.3, -0.25) is 0 Å². The van der Waals surface area contributed by atoms with Gasteiger partial charge < -0.3 is 16.5 Å². The number of nitrogens with zero attached hydrogens (tertiary/aromatic N) is 1. The minimum atomic E-state index is 0.389. The summed E-state index contributed by atoms with van der Waals surface area (Å²) in [6, 6.07) is 0. The maximum atomic E-state index is 6.84. The van der Waals surface area contributed by atoms with Gasteiger partial charge in [-0.15, -0.1) is 0 Å². The van der Waals surface area contributed by atoms with Gasteiger partial charge in [0, 0.05) is 13.3 Å². The molecule has 0 saturated carbocycles. The Balaban J connectivity index is 4.49. The van der Waals surface area contributed by atoms with Gasteiger partial charge >= 0.3 is 0 Å². The number of nitrogens with one attached hydrogen (secondary N) is 2. The molecule has 0 unspecified atom stereocenters. The summed E-state index contributed by atoms with van der Waals surface area (Å²) in [5.41, 5.74) is 6.47. The molecule has 0 aliphatic carbocycles. The zero-order valence-corrected chi connectivity index (χ0v) is 7.10. The first-order valence-electron chi connectivity index (χ1n) is 3.31. The van der Waals surface area contributed by atoms with Gasteiger partial charge in [0.25, 0.3) is 0 Å². The minimum Gasteiger partial charge on any atom is -0.396 e. The van der Waals surface area contributed by atoms with Gasteiger partial charge in [0.2, 0.25) is 0 Å². The highest BCUT2D eigenvalue weighted by Crippen LogP contribution is 1.96. The molecule has 11 heavy (non-hydrogen) atoms. The molecule has 0 bridgehead atoms. The molecule has 0 aromatic rings. The van der Waals surface area contributed by atoms with E-state index in [4.69, 9.17) is 11.1 Å². The molecule has 4 heteroatoms. The van der Waals surface area contributed by atoms with Crippen LogP contribution in [0, 0.1) is 5.41 Å². The lowest BCUT2D eigenvalue weighted by Gasteiger charge is -1.99. The van der Waals surface area contributed by atoms with E-state index in [0.29, 0.717) is 11.4 Å². The summed E-state index contributed by atoms with van der Waals surface area (Å²) >= 11 is 0. The molecule has 4 nitrogen and oxygen atoms in total.